The number of hydrogen-bond donors (Lipinski definition) is 1. The lowest BCUT2D eigenvalue weighted by Gasteiger charge is -2.10. The Labute approximate surface area is 122 Å². The first-order chi connectivity index (χ1) is 9.08. The summed E-state index contributed by atoms with van der Waals surface area (Å²) in [5.41, 5.74) is 1.45. The van der Waals surface area contributed by atoms with E-state index in [4.69, 9.17) is 23.2 Å². The second-order valence-electron chi connectivity index (χ2n) is 5.55. The summed E-state index contributed by atoms with van der Waals surface area (Å²) in [5.74, 6) is 1.45. The van der Waals surface area contributed by atoms with Crippen LogP contribution in [-0.4, -0.2) is 10.9 Å². The number of aromatic nitrogens is 1. The normalized spacial score (nSPS) is 28.7. The Morgan fingerprint density at radius 2 is 1.95 bits per heavy atom. The number of rotatable bonds is 2. The van der Waals surface area contributed by atoms with Crippen molar-refractivity contribution in [2.45, 2.75) is 32.6 Å². The fraction of sp³-hybridized carbons (Fsp3) is 0.571. The number of nitrogens with one attached hydrogen (secondary N) is 1. The predicted molar refractivity (Wildman–Crippen MR) is 76.6 cm³/mol. The largest absolute Gasteiger partial charge is 0.323 e. The van der Waals surface area contributed by atoms with Gasteiger partial charge in [0, 0.05) is 5.92 Å². The molecule has 0 radical (unpaired) electrons. The summed E-state index contributed by atoms with van der Waals surface area (Å²) in [5, 5.41) is 3.55. The van der Waals surface area contributed by atoms with E-state index in [0.29, 0.717) is 22.7 Å². The van der Waals surface area contributed by atoms with Gasteiger partial charge in [-0.3, -0.25) is 4.79 Å². The minimum Gasteiger partial charge on any atom is -0.323 e. The third-order valence-electron chi connectivity index (χ3n) is 4.35. The van der Waals surface area contributed by atoms with Crippen LogP contribution in [0.5, 0.6) is 0 Å². The van der Waals surface area contributed by atoms with Crippen molar-refractivity contribution < 1.29 is 4.79 Å². The first kappa shape index (κ1) is 13.2. The van der Waals surface area contributed by atoms with Gasteiger partial charge in [0.25, 0.3) is 0 Å². The number of pyridine rings is 1. The second kappa shape index (κ2) is 4.95. The molecule has 2 aliphatic carbocycles. The summed E-state index contributed by atoms with van der Waals surface area (Å²) in [4.78, 5) is 16.3. The van der Waals surface area contributed by atoms with Crippen LogP contribution in [0.25, 0.3) is 0 Å². The number of amides is 1. The Bertz CT molecular complexity index is 497. The molecule has 1 amide bonds. The third-order valence-corrected chi connectivity index (χ3v) is 4.82. The molecule has 1 aromatic heterocycles. The number of halogens is 2. The lowest BCUT2D eigenvalue weighted by molar-refractivity contribution is -0.117. The average Bonchev–Trinajstić information content (AvgIpc) is 3.07. The van der Waals surface area contributed by atoms with E-state index in [0.717, 1.165) is 5.56 Å². The minimum atomic E-state index is 0.0889. The van der Waals surface area contributed by atoms with Crippen molar-refractivity contribution in [3.8, 4) is 0 Å². The van der Waals surface area contributed by atoms with Gasteiger partial charge in [-0.1, -0.05) is 36.0 Å². The molecule has 0 bridgehead atoms. The first-order valence-electron chi connectivity index (χ1n) is 6.71. The van der Waals surface area contributed by atoms with Gasteiger partial charge >= 0.3 is 0 Å². The molecule has 1 aromatic rings. The zero-order chi connectivity index (χ0) is 13.6. The van der Waals surface area contributed by atoms with Crippen LogP contribution in [0.15, 0.2) is 6.07 Å². The van der Waals surface area contributed by atoms with Gasteiger partial charge in [-0.25, -0.2) is 4.98 Å². The standard InChI is InChI=1S/C14H16Cl2N2O/c1-7-6-10(15)17-13(16)12(7)18-14(19)11-8-4-2-3-5-9(8)11/h6,8-9,11H,2-5H2,1H3,(H,18,19). The minimum absolute atomic E-state index is 0.0889. The average molecular weight is 299 g/mol. The van der Waals surface area contributed by atoms with E-state index in [1.54, 1.807) is 6.07 Å². The molecule has 0 aliphatic heterocycles. The topological polar surface area (TPSA) is 42.0 Å². The molecule has 2 fully saturated rings. The van der Waals surface area contributed by atoms with Gasteiger partial charge in [0.15, 0.2) is 5.15 Å². The molecule has 3 rings (SSSR count). The summed E-state index contributed by atoms with van der Waals surface area (Å²) < 4.78 is 0. The van der Waals surface area contributed by atoms with Crippen LogP contribution >= 0.6 is 23.2 Å². The molecule has 3 nitrogen and oxygen atoms in total. The molecule has 2 aliphatic rings. The number of carbonyl (C=O) groups excluding carboxylic acids is 1. The Morgan fingerprint density at radius 3 is 2.53 bits per heavy atom. The van der Waals surface area contributed by atoms with E-state index in [1.165, 1.54) is 25.7 Å². The molecule has 1 N–H and O–H groups in total. The van der Waals surface area contributed by atoms with E-state index in [2.05, 4.69) is 10.3 Å². The Hall–Kier alpha value is -0.800. The molecule has 1 heterocycles. The van der Waals surface area contributed by atoms with Gasteiger partial charge in [0.2, 0.25) is 5.91 Å². The van der Waals surface area contributed by atoms with Crippen LogP contribution in [0.4, 0.5) is 5.69 Å². The van der Waals surface area contributed by atoms with Crippen molar-refractivity contribution >= 4 is 34.8 Å². The zero-order valence-electron chi connectivity index (χ0n) is 10.7. The number of aryl methyl sites for hydroxylation is 1. The Kier molecular flexibility index (Phi) is 3.44. The summed E-state index contributed by atoms with van der Waals surface area (Å²) >= 11 is 11.9. The molecule has 2 unspecified atom stereocenters. The summed E-state index contributed by atoms with van der Waals surface area (Å²) in [6.07, 6.45) is 4.89. The van der Waals surface area contributed by atoms with Gasteiger partial charge in [0.05, 0.1) is 5.69 Å². The van der Waals surface area contributed by atoms with Gasteiger partial charge < -0.3 is 5.32 Å². The van der Waals surface area contributed by atoms with Crippen molar-refractivity contribution in [3.63, 3.8) is 0 Å². The Balaban J connectivity index is 1.74. The summed E-state index contributed by atoms with van der Waals surface area (Å²) in [7, 11) is 0. The van der Waals surface area contributed by atoms with Crippen molar-refractivity contribution in [2.24, 2.45) is 17.8 Å². The maximum Gasteiger partial charge on any atom is 0.228 e. The third kappa shape index (κ3) is 2.46. The Morgan fingerprint density at radius 1 is 1.32 bits per heavy atom. The van der Waals surface area contributed by atoms with Crippen LogP contribution in [0.3, 0.4) is 0 Å². The van der Waals surface area contributed by atoms with Crippen LogP contribution in [0, 0.1) is 24.7 Å². The van der Waals surface area contributed by atoms with Gasteiger partial charge in [0.1, 0.15) is 5.15 Å². The van der Waals surface area contributed by atoms with E-state index in [1.807, 2.05) is 6.92 Å². The van der Waals surface area contributed by atoms with Crippen LogP contribution in [0.1, 0.15) is 31.2 Å². The highest BCUT2D eigenvalue weighted by Crippen LogP contribution is 2.55. The van der Waals surface area contributed by atoms with E-state index >= 15 is 0 Å². The fourth-order valence-electron chi connectivity index (χ4n) is 3.33. The van der Waals surface area contributed by atoms with E-state index in [9.17, 15) is 4.79 Å². The molecule has 0 spiro atoms. The van der Waals surface area contributed by atoms with Crippen LogP contribution < -0.4 is 5.32 Å². The van der Waals surface area contributed by atoms with Gasteiger partial charge in [-0.15, -0.1) is 0 Å². The number of nitrogens with zero attached hydrogens (tertiary/aromatic N) is 1. The van der Waals surface area contributed by atoms with E-state index in [-0.39, 0.29) is 17.0 Å². The maximum absolute atomic E-state index is 12.3. The number of fused-ring (bicyclic) bond motifs is 1. The molecule has 2 atom stereocenters. The molecule has 102 valence electrons. The van der Waals surface area contributed by atoms with Crippen molar-refractivity contribution in [3.05, 3.63) is 21.9 Å². The lowest BCUT2D eigenvalue weighted by atomic mass is 10.0. The SMILES string of the molecule is Cc1cc(Cl)nc(Cl)c1NC(=O)C1C2CCCCC21. The number of anilines is 1. The molecule has 0 aromatic carbocycles. The molecule has 19 heavy (non-hydrogen) atoms. The quantitative estimate of drug-likeness (QED) is 0.836. The summed E-state index contributed by atoms with van der Waals surface area (Å²) in [6, 6.07) is 1.71. The van der Waals surface area contributed by atoms with Crippen LogP contribution in [0.2, 0.25) is 10.3 Å². The fourth-order valence-corrected chi connectivity index (χ4v) is 3.91. The zero-order valence-corrected chi connectivity index (χ0v) is 12.3. The predicted octanol–water partition coefficient (Wildman–Crippen LogP) is 4.07. The molecular formula is C14H16Cl2N2O. The number of hydrogen-bond acceptors (Lipinski definition) is 2. The molecule has 2 saturated carbocycles. The van der Waals surface area contributed by atoms with E-state index < -0.39 is 0 Å². The highest BCUT2D eigenvalue weighted by molar-refractivity contribution is 6.34. The molecular weight excluding hydrogens is 283 g/mol. The molecule has 5 heteroatoms. The molecule has 0 saturated heterocycles. The first-order valence-corrected chi connectivity index (χ1v) is 7.47. The van der Waals surface area contributed by atoms with Crippen molar-refractivity contribution in [1.29, 1.82) is 0 Å². The van der Waals surface area contributed by atoms with Gasteiger partial charge in [-0.05, 0) is 43.2 Å². The van der Waals surface area contributed by atoms with Crippen molar-refractivity contribution in [1.82, 2.24) is 4.98 Å². The van der Waals surface area contributed by atoms with Crippen LogP contribution in [-0.2, 0) is 4.79 Å². The smallest absolute Gasteiger partial charge is 0.228 e. The van der Waals surface area contributed by atoms with Crippen molar-refractivity contribution in [2.75, 3.05) is 5.32 Å². The lowest BCUT2D eigenvalue weighted by Crippen LogP contribution is -2.17. The summed E-state index contributed by atoms with van der Waals surface area (Å²) in [6.45, 7) is 1.87. The van der Waals surface area contributed by atoms with Gasteiger partial charge in [-0.2, -0.15) is 0 Å². The maximum atomic E-state index is 12.3. The second-order valence-corrected chi connectivity index (χ2v) is 6.30. The highest BCUT2D eigenvalue weighted by Gasteiger charge is 2.54. The highest BCUT2D eigenvalue weighted by atomic mass is 35.5. The number of carbonyl (C=O) groups is 1. The monoisotopic (exact) mass is 298 g/mol.